The third-order valence-corrected chi connectivity index (χ3v) is 5.51. The lowest BCUT2D eigenvalue weighted by molar-refractivity contribution is -0.122. The molecule has 2 heterocycles. The molecule has 0 atom stereocenters. The molecule has 0 radical (unpaired) electrons. The number of anilines is 1. The molecule has 0 aliphatic carbocycles. The molecule has 0 unspecified atom stereocenters. The zero-order chi connectivity index (χ0) is 22.4. The van der Waals surface area contributed by atoms with Crippen molar-refractivity contribution in [1.82, 2.24) is 14.4 Å². The van der Waals surface area contributed by atoms with Crippen molar-refractivity contribution in [3.8, 4) is 0 Å². The van der Waals surface area contributed by atoms with Crippen molar-refractivity contribution in [1.29, 1.82) is 0 Å². The van der Waals surface area contributed by atoms with E-state index in [0.29, 0.717) is 31.7 Å². The molecule has 0 bridgehead atoms. The Morgan fingerprint density at radius 2 is 1.77 bits per heavy atom. The Morgan fingerprint density at radius 1 is 1.00 bits per heavy atom. The second-order valence-corrected chi connectivity index (χ2v) is 7.86. The van der Waals surface area contributed by atoms with Gasteiger partial charge in [0.25, 0.3) is 11.8 Å². The Bertz CT molecular complexity index is 988. The number of likely N-dealkylation sites (N-methyl/N-ethyl adjacent to an activating group) is 1. The summed E-state index contributed by atoms with van der Waals surface area (Å²) < 4.78 is 6.50. The molecule has 0 saturated heterocycles. The number of hydrogen-bond acceptors (Lipinski definition) is 5. The lowest BCUT2D eigenvalue weighted by Crippen LogP contribution is -2.37. The zero-order valence-electron chi connectivity index (χ0n) is 18.4. The predicted molar refractivity (Wildman–Crippen MR) is 119 cm³/mol. The zero-order valence-corrected chi connectivity index (χ0v) is 18.4. The number of carbonyl (C=O) groups excluding carboxylic acids is 2. The fraction of sp³-hybridized carbons (Fsp3) is 0.435. The molecule has 3 rings (SSSR count). The molecule has 0 spiro atoms. The van der Waals surface area contributed by atoms with Crippen LogP contribution in [0.25, 0.3) is 0 Å². The number of aromatic nitrogens is 1. The summed E-state index contributed by atoms with van der Waals surface area (Å²) in [5.41, 5.74) is 2.00. The summed E-state index contributed by atoms with van der Waals surface area (Å²) in [6.45, 7) is 3.01. The highest BCUT2D eigenvalue weighted by Gasteiger charge is 2.23. The molecule has 1 aliphatic heterocycles. The number of para-hydroxylation sites is 1. The highest BCUT2D eigenvalue weighted by atomic mass is 16.5. The number of rotatable bonds is 3. The van der Waals surface area contributed by atoms with Gasteiger partial charge in [0.1, 0.15) is 6.61 Å². The lowest BCUT2D eigenvalue weighted by atomic mass is 10.1. The van der Waals surface area contributed by atoms with Gasteiger partial charge in [0.15, 0.2) is 0 Å². The molecule has 1 aromatic carbocycles. The average molecular weight is 427 g/mol. The second kappa shape index (κ2) is 10.4. The minimum atomic E-state index is -0.161. The predicted octanol–water partition coefficient (Wildman–Crippen LogP) is 1.34. The van der Waals surface area contributed by atoms with Crippen molar-refractivity contribution >= 4 is 17.5 Å². The first kappa shape index (κ1) is 22.7. The molecular weight excluding hydrogens is 396 g/mol. The number of pyridine rings is 1. The van der Waals surface area contributed by atoms with Crippen LogP contribution >= 0.6 is 0 Å². The third-order valence-electron chi connectivity index (χ3n) is 5.51. The Hall–Kier alpha value is -2.97. The smallest absolute Gasteiger partial charge is 0.255 e. The number of ether oxygens (including phenoxy) is 1. The monoisotopic (exact) mass is 426 g/mol. The van der Waals surface area contributed by atoms with E-state index < -0.39 is 0 Å². The van der Waals surface area contributed by atoms with Gasteiger partial charge in [-0.25, -0.2) is 0 Å². The highest BCUT2D eigenvalue weighted by Crippen LogP contribution is 2.24. The van der Waals surface area contributed by atoms with Gasteiger partial charge in [0.05, 0.1) is 5.56 Å². The van der Waals surface area contributed by atoms with Gasteiger partial charge < -0.3 is 24.0 Å². The van der Waals surface area contributed by atoms with Crippen molar-refractivity contribution in [2.45, 2.75) is 13.0 Å². The Kier molecular flexibility index (Phi) is 7.59. The van der Waals surface area contributed by atoms with Crippen molar-refractivity contribution in [3.63, 3.8) is 0 Å². The van der Waals surface area contributed by atoms with E-state index in [1.54, 1.807) is 29.1 Å². The van der Waals surface area contributed by atoms with E-state index in [1.807, 2.05) is 31.3 Å². The van der Waals surface area contributed by atoms with Crippen LogP contribution in [-0.2, 0) is 23.1 Å². The molecule has 0 saturated carbocycles. The van der Waals surface area contributed by atoms with Crippen LogP contribution in [0.3, 0.4) is 0 Å². The molecule has 166 valence electrons. The van der Waals surface area contributed by atoms with Crippen LogP contribution in [0.1, 0.15) is 22.3 Å². The fourth-order valence-electron chi connectivity index (χ4n) is 3.75. The summed E-state index contributed by atoms with van der Waals surface area (Å²) in [6.07, 6.45) is 2.38. The molecular formula is C23H30N4O4. The molecule has 8 heteroatoms. The number of methoxy groups -OCH3 is 1. The average Bonchev–Trinajstić information content (AvgIpc) is 2.79. The van der Waals surface area contributed by atoms with Crippen molar-refractivity contribution in [2.75, 3.05) is 51.8 Å². The molecule has 8 nitrogen and oxygen atoms in total. The third kappa shape index (κ3) is 5.59. The maximum atomic E-state index is 13.3. The fourth-order valence-corrected chi connectivity index (χ4v) is 3.75. The molecule has 2 amide bonds. The largest absolute Gasteiger partial charge is 0.375 e. The van der Waals surface area contributed by atoms with Gasteiger partial charge in [-0.15, -0.1) is 0 Å². The SMILES string of the molecule is COCC(=O)N1CCCN(C)CCN(C(=O)c2ccc(=O)n(C)c2)Cc2ccccc21. The topological polar surface area (TPSA) is 75.1 Å². The van der Waals surface area contributed by atoms with Gasteiger partial charge in [-0.05, 0) is 37.7 Å². The number of benzene rings is 1. The molecule has 1 aliphatic rings. The minimum absolute atomic E-state index is 0.00482. The van der Waals surface area contributed by atoms with Crippen LogP contribution in [0.5, 0.6) is 0 Å². The van der Waals surface area contributed by atoms with Gasteiger partial charge in [0.2, 0.25) is 5.56 Å². The maximum Gasteiger partial charge on any atom is 0.255 e. The Balaban J connectivity index is 1.98. The van der Waals surface area contributed by atoms with Gasteiger partial charge in [0, 0.05) is 58.3 Å². The van der Waals surface area contributed by atoms with Crippen LogP contribution in [0.2, 0.25) is 0 Å². The standard InChI is InChI=1S/C23H30N4O4/c1-24-11-6-12-27(22(29)17-31-3)20-8-5-4-7-18(20)16-26(14-13-24)23(30)19-9-10-21(28)25(2)15-19/h4-5,7-10,15H,6,11-14,16-17H2,1-3H3. The molecule has 2 aromatic rings. The summed E-state index contributed by atoms with van der Waals surface area (Å²) in [4.78, 5) is 43.5. The minimum Gasteiger partial charge on any atom is -0.375 e. The van der Waals surface area contributed by atoms with Crippen LogP contribution in [0.15, 0.2) is 47.4 Å². The highest BCUT2D eigenvalue weighted by molar-refractivity contribution is 5.96. The van der Waals surface area contributed by atoms with Crippen molar-refractivity contribution < 1.29 is 14.3 Å². The van der Waals surface area contributed by atoms with Gasteiger partial charge in [-0.3, -0.25) is 14.4 Å². The summed E-state index contributed by atoms with van der Waals surface area (Å²) in [5, 5.41) is 0. The van der Waals surface area contributed by atoms with Crippen LogP contribution in [0, 0.1) is 0 Å². The van der Waals surface area contributed by atoms with Gasteiger partial charge in [-0.2, -0.15) is 0 Å². The van der Waals surface area contributed by atoms with E-state index in [9.17, 15) is 14.4 Å². The summed E-state index contributed by atoms with van der Waals surface area (Å²) in [7, 11) is 5.16. The first-order chi connectivity index (χ1) is 14.9. The number of fused-ring (bicyclic) bond motifs is 1. The lowest BCUT2D eigenvalue weighted by Gasteiger charge is -2.28. The second-order valence-electron chi connectivity index (χ2n) is 7.86. The molecule has 0 fully saturated rings. The quantitative estimate of drug-likeness (QED) is 0.741. The molecule has 1 aromatic heterocycles. The van der Waals surface area contributed by atoms with Gasteiger partial charge in [-0.1, -0.05) is 18.2 Å². The maximum absolute atomic E-state index is 13.3. The number of amides is 2. The van der Waals surface area contributed by atoms with Crippen molar-refractivity contribution in [2.24, 2.45) is 7.05 Å². The van der Waals surface area contributed by atoms with Crippen LogP contribution < -0.4 is 10.5 Å². The van der Waals surface area contributed by atoms with E-state index in [4.69, 9.17) is 4.74 Å². The first-order valence-corrected chi connectivity index (χ1v) is 10.4. The van der Waals surface area contributed by atoms with E-state index in [2.05, 4.69) is 4.90 Å². The van der Waals surface area contributed by atoms with E-state index in [0.717, 1.165) is 24.2 Å². The van der Waals surface area contributed by atoms with E-state index in [1.165, 1.54) is 17.7 Å². The first-order valence-electron chi connectivity index (χ1n) is 10.4. The number of hydrogen-bond donors (Lipinski definition) is 0. The number of aryl methyl sites for hydroxylation is 1. The summed E-state index contributed by atoms with van der Waals surface area (Å²) >= 11 is 0. The van der Waals surface area contributed by atoms with Crippen LogP contribution in [-0.4, -0.2) is 73.1 Å². The molecule has 31 heavy (non-hydrogen) atoms. The normalized spacial score (nSPS) is 15.8. The van der Waals surface area contributed by atoms with Gasteiger partial charge >= 0.3 is 0 Å². The summed E-state index contributed by atoms with van der Waals surface area (Å²) in [5.74, 6) is -0.249. The Morgan fingerprint density at radius 3 is 2.52 bits per heavy atom. The van der Waals surface area contributed by atoms with Crippen LogP contribution in [0.4, 0.5) is 5.69 Å². The van der Waals surface area contributed by atoms with Crippen molar-refractivity contribution in [3.05, 3.63) is 64.1 Å². The number of carbonyl (C=O) groups is 2. The van der Waals surface area contributed by atoms with E-state index in [-0.39, 0.29) is 24.0 Å². The molecule has 0 N–H and O–H groups in total. The van der Waals surface area contributed by atoms with E-state index >= 15 is 0 Å². The summed E-state index contributed by atoms with van der Waals surface area (Å²) in [6, 6.07) is 10.7. The number of nitrogens with zero attached hydrogens (tertiary/aromatic N) is 4. The Labute approximate surface area is 182 Å².